The lowest BCUT2D eigenvalue weighted by Gasteiger charge is -2.43. The van der Waals surface area contributed by atoms with Gasteiger partial charge in [-0.05, 0) is 28.8 Å². The van der Waals surface area contributed by atoms with Crippen molar-refractivity contribution < 1.29 is 9.53 Å². The van der Waals surface area contributed by atoms with Crippen LogP contribution in [0.1, 0.15) is 5.56 Å². The minimum Gasteiger partial charge on any atom is -0.378 e. The summed E-state index contributed by atoms with van der Waals surface area (Å²) in [5.74, 6) is 0. The van der Waals surface area contributed by atoms with E-state index < -0.39 is 0 Å². The molecule has 0 saturated carbocycles. The van der Waals surface area contributed by atoms with Crippen LogP contribution >= 0.6 is 11.3 Å². The van der Waals surface area contributed by atoms with Crippen LogP contribution in [0.4, 0.5) is 4.79 Å². The maximum atomic E-state index is 12.4. The van der Waals surface area contributed by atoms with Crippen LogP contribution in [0.2, 0.25) is 0 Å². The maximum Gasteiger partial charge on any atom is 0.317 e. The highest BCUT2D eigenvalue weighted by Crippen LogP contribution is 2.25. The van der Waals surface area contributed by atoms with Gasteiger partial charge in [0.05, 0.1) is 19.3 Å². The third-order valence-corrected chi connectivity index (χ3v) is 5.97. The van der Waals surface area contributed by atoms with E-state index in [1.165, 1.54) is 15.6 Å². The number of thiophene rings is 1. The van der Waals surface area contributed by atoms with E-state index in [9.17, 15) is 4.79 Å². The molecule has 0 radical (unpaired) electrons. The third kappa shape index (κ3) is 3.27. The van der Waals surface area contributed by atoms with Crippen molar-refractivity contribution in [2.24, 2.45) is 0 Å². The quantitative estimate of drug-likeness (QED) is 0.927. The third-order valence-electron chi connectivity index (χ3n) is 4.96. The van der Waals surface area contributed by atoms with Gasteiger partial charge in [-0.1, -0.05) is 18.2 Å². The van der Waals surface area contributed by atoms with Gasteiger partial charge in [-0.3, -0.25) is 4.90 Å². The predicted octanol–water partition coefficient (Wildman–Crippen LogP) is 2.17. The molecular weight excluding hydrogens is 322 g/mol. The molecule has 0 spiro atoms. The lowest BCUT2D eigenvalue weighted by atomic mass is 10.1. The number of amides is 2. The number of hydrogen-bond donors (Lipinski definition) is 1. The van der Waals surface area contributed by atoms with Gasteiger partial charge in [-0.25, -0.2) is 4.79 Å². The van der Waals surface area contributed by atoms with Crippen molar-refractivity contribution in [2.45, 2.75) is 12.5 Å². The molecular formula is C18H23N3O2S. The molecule has 1 aromatic carbocycles. The Hall–Kier alpha value is -1.63. The van der Waals surface area contributed by atoms with Crippen molar-refractivity contribution in [2.75, 3.05) is 45.9 Å². The first-order chi connectivity index (χ1) is 11.8. The number of hydrogen-bond acceptors (Lipinski definition) is 4. The van der Waals surface area contributed by atoms with Gasteiger partial charge in [0.15, 0.2) is 0 Å². The van der Waals surface area contributed by atoms with E-state index in [0.29, 0.717) is 12.6 Å². The molecule has 1 unspecified atom stereocenters. The van der Waals surface area contributed by atoms with E-state index in [-0.39, 0.29) is 6.03 Å². The first-order valence-electron chi connectivity index (χ1n) is 8.61. The van der Waals surface area contributed by atoms with Crippen LogP contribution < -0.4 is 5.32 Å². The van der Waals surface area contributed by atoms with Crippen LogP contribution in [0.3, 0.4) is 0 Å². The molecule has 2 amide bonds. The molecule has 2 aliphatic heterocycles. The molecule has 1 aromatic heterocycles. The number of ether oxygens (including phenoxy) is 1. The van der Waals surface area contributed by atoms with E-state index >= 15 is 0 Å². The van der Waals surface area contributed by atoms with Crippen molar-refractivity contribution >= 4 is 27.5 Å². The molecule has 2 saturated heterocycles. The zero-order valence-electron chi connectivity index (χ0n) is 13.7. The highest BCUT2D eigenvalue weighted by Gasteiger charge is 2.31. The van der Waals surface area contributed by atoms with Crippen LogP contribution in [0.15, 0.2) is 29.6 Å². The highest BCUT2D eigenvalue weighted by molar-refractivity contribution is 7.17. The Morgan fingerprint density at radius 1 is 1.29 bits per heavy atom. The van der Waals surface area contributed by atoms with Crippen molar-refractivity contribution in [3.05, 3.63) is 35.2 Å². The van der Waals surface area contributed by atoms with Crippen molar-refractivity contribution in [1.29, 1.82) is 0 Å². The number of fused-ring (bicyclic) bond motifs is 2. The van der Waals surface area contributed by atoms with Gasteiger partial charge in [-0.15, -0.1) is 11.3 Å². The number of nitrogens with zero attached hydrogens (tertiary/aromatic N) is 2. The standard InChI is InChI=1S/C18H23N3O2S/c22-18(21-8-7-20-9-10-23-12-15(20)11-21)19-6-5-14-13-24-17-4-2-1-3-16(14)17/h1-4,13,15H,5-12H2,(H,19,22). The van der Waals surface area contributed by atoms with E-state index in [1.807, 2.05) is 4.90 Å². The molecule has 1 N–H and O–H groups in total. The monoisotopic (exact) mass is 345 g/mol. The summed E-state index contributed by atoms with van der Waals surface area (Å²) in [5.41, 5.74) is 1.32. The molecule has 2 fully saturated rings. The van der Waals surface area contributed by atoms with Crippen LogP contribution in [0.5, 0.6) is 0 Å². The van der Waals surface area contributed by atoms with E-state index in [0.717, 1.165) is 45.8 Å². The molecule has 2 aromatic rings. The van der Waals surface area contributed by atoms with Crippen LogP contribution in [-0.4, -0.2) is 67.8 Å². The van der Waals surface area contributed by atoms with E-state index in [1.54, 1.807) is 11.3 Å². The largest absolute Gasteiger partial charge is 0.378 e. The minimum absolute atomic E-state index is 0.0553. The summed E-state index contributed by atoms with van der Waals surface area (Å²) >= 11 is 1.77. The Bertz CT molecular complexity index is 717. The van der Waals surface area contributed by atoms with E-state index in [2.05, 4.69) is 39.9 Å². The summed E-state index contributed by atoms with van der Waals surface area (Å²) in [5, 5.41) is 6.60. The molecule has 24 heavy (non-hydrogen) atoms. The summed E-state index contributed by atoms with van der Waals surface area (Å²) in [6.45, 7) is 5.77. The first kappa shape index (κ1) is 15.9. The van der Waals surface area contributed by atoms with Crippen molar-refractivity contribution in [1.82, 2.24) is 15.1 Å². The maximum absolute atomic E-state index is 12.4. The molecule has 1 atom stereocenters. The predicted molar refractivity (Wildman–Crippen MR) is 96.7 cm³/mol. The second kappa shape index (κ2) is 7.09. The molecule has 6 heteroatoms. The number of piperazine rings is 1. The zero-order chi connectivity index (χ0) is 16.4. The summed E-state index contributed by atoms with van der Waals surface area (Å²) in [6, 6.07) is 8.86. The molecule has 0 aliphatic carbocycles. The van der Waals surface area contributed by atoms with Gasteiger partial charge < -0.3 is 15.0 Å². The first-order valence-corrected chi connectivity index (χ1v) is 9.49. The van der Waals surface area contributed by atoms with Gasteiger partial charge >= 0.3 is 6.03 Å². The van der Waals surface area contributed by atoms with Crippen molar-refractivity contribution in [3.8, 4) is 0 Å². The van der Waals surface area contributed by atoms with E-state index in [4.69, 9.17) is 4.74 Å². The molecule has 3 heterocycles. The Balaban J connectivity index is 1.29. The topological polar surface area (TPSA) is 44.8 Å². The summed E-state index contributed by atoms with van der Waals surface area (Å²) < 4.78 is 6.85. The smallest absolute Gasteiger partial charge is 0.317 e. The molecule has 5 nitrogen and oxygen atoms in total. The Morgan fingerprint density at radius 3 is 3.17 bits per heavy atom. The number of rotatable bonds is 3. The van der Waals surface area contributed by atoms with Gasteiger partial charge in [0, 0.05) is 37.4 Å². The average molecular weight is 345 g/mol. The number of carbonyl (C=O) groups is 1. The fourth-order valence-electron chi connectivity index (χ4n) is 3.57. The molecule has 128 valence electrons. The molecule has 2 aliphatic rings. The van der Waals surface area contributed by atoms with Crippen LogP contribution in [0.25, 0.3) is 10.1 Å². The Labute approximate surface area is 146 Å². The number of morpholine rings is 1. The fourth-order valence-corrected chi connectivity index (χ4v) is 4.57. The van der Waals surface area contributed by atoms with Crippen molar-refractivity contribution in [3.63, 3.8) is 0 Å². The number of benzene rings is 1. The second-order valence-electron chi connectivity index (χ2n) is 6.45. The average Bonchev–Trinajstić information content (AvgIpc) is 3.04. The van der Waals surface area contributed by atoms with Gasteiger partial charge in [0.25, 0.3) is 0 Å². The lowest BCUT2D eigenvalue weighted by molar-refractivity contribution is -0.0364. The highest BCUT2D eigenvalue weighted by atomic mass is 32.1. The van der Waals surface area contributed by atoms with Gasteiger partial charge in [0.2, 0.25) is 0 Å². The Kier molecular flexibility index (Phi) is 4.69. The lowest BCUT2D eigenvalue weighted by Crippen LogP contribution is -2.60. The van der Waals surface area contributed by atoms with Crippen LogP contribution in [-0.2, 0) is 11.2 Å². The summed E-state index contributed by atoms with van der Waals surface area (Å²) in [7, 11) is 0. The van der Waals surface area contributed by atoms with Gasteiger partial charge in [0.1, 0.15) is 0 Å². The Morgan fingerprint density at radius 2 is 2.21 bits per heavy atom. The zero-order valence-corrected chi connectivity index (χ0v) is 14.6. The summed E-state index contributed by atoms with van der Waals surface area (Å²) in [4.78, 5) is 16.8. The normalized spacial score (nSPS) is 21.7. The SMILES string of the molecule is O=C(NCCc1csc2ccccc12)N1CCN2CCOCC2C1. The number of nitrogens with one attached hydrogen (secondary N) is 1. The fraction of sp³-hybridized carbons (Fsp3) is 0.500. The van der Waals surface area contributed by atoms with Gasteiger partial charge in [-0.2, -0.15) is 0 Å². The summed E-state index contributed by atoms with van der Waals surface area (Å²) in [6.07, 6.45) is 0.877. The number of urea groups is 1. The second-order valence-corrected chi connectivity index (χ2v) is 7.36. The molecule has 0 bridgehead atoms. The number of carbonyl (C=O) groups excluding carboxylic acids is 1. The molecule has 4 rings (SSSR count). The minimum atomic E-state index is 0.0553. The van der Waals surface area contributed by atoms with Crippen LogP contribution in [0, 0.1) is 0 Å².